The first-order valence-corrected chi connectivity index (χ1v) is 51.6. The lowest BCUT2D eigenvalue weighted by atomic mass is 9.74. The molecule has 5 aromatic rings. The Hall–Kier alpha value is -9.47. The number of methoxy groups -OCH3 is 3. The number of nitrogens with zero attached hydrogens (tertiary/aromatic N) is 7. The third-order valence-electron chi connectivity index (χ3n) is 30.5. The van der Waals surface area contributed by atoms with Crippen LogP contribution < -0.4 is 31.4 Å². The van der Waals surface area contributed by atoms with Gasteiger partial charge in [0.05, 0.1) is 122 Å². The van der Waals surface area contributed by atoms with Gasteiger partial charge in [0.15, 0.2) is 24.0 Å². The molecule has 8 aliphatic heterocycles. The van der Waals surface area contributed by atoms with Crippen molar-refractivity contribution >= 4 is 91.5 Å². The largest absolute Gasteiger partial charge is 0.507 e. The number of hydrogen-bond acceptors (Lipinski definition) is 31. The number of aromatic hydroxyl groups is 2. The molecule has 35 heteroatoms. The predicted octanol–water partition coefficient (Wildman–Crippen LogP) is 14.7. The summed E-state index contributed by atoms with van der Waals surface area (Å²) < 4.78 is 70.1. The van der Waals surface area contributed by atoms with Crippen LogP contribution in [0, 0.1) is 60.2 Å². The normalized spacial score (nSPS) is 33.8. The van der Waals surface area contributed by atoms with Crippen LogP contribution in [0.1, 0.15) is 200 Å². The van der Waals surface area contributed by atoms with Gasteiger partial charge < -0.3 is 118 Å². The van der Waals surface area contributed by atoms with Crippen LogP contribution in [-0.2, 0) is 66.5 Å². The van der Waals surface area contributed by atoms with E-state index in [0.29, 0.717) is 48.3 Å². The minimum atomic E-state index is -1.96. The zero-order chi connectivity index (χ0) is 107. The zero-order valence-electron chi connectivity index (χ0n) is 89.3. The summed E-state index contributed by atoms with van der Waals surface area (Å²) >= 11 is 12.2. The number of nitrogens with one attached hydrogen (secondary N) is 2. The van der Waals surface area contributed by atoms with Crippen molar-refractivity contribution in [3.63, 3.8) is 0 Å². The second kappa shape index (κ2) is 47.4. The summed E-state index contributed by atoms with van der Waals surface area (Å²) in [6.45, 7) is 40.7. The molecule has 14 rings (SSSR count). The van der Waals surface area contributed by atoms with Crippen LogP contribution in [0.3, 0.4) is 0 Å². The number of likely N-dealkylation sites (tertiary alicyclic amines) is 1. The molecule has 10 N–H and O–H groups in total. The third kappa shape index (κ3) is 24.7. The topological polar surface area (TPSA) is 434 Å². The number of piperidine rings is 1. The van der Waals surface area contributed by atoms with Crippen molar-refractivity contribution in [2.24, 2.45) is 68.2 Å². The molecule has 1 aliphatic carbocycles. The van der Waals surface area contributed by atoms with E-state index in [2.05, 4.69) is 66.0 Å². The standard InChI is InChI=1S/C46H62N4O11.C38H69NO13.C27H22Cl2N4/c1-22(2)21-50-18-16-46(17-19-50)48-34-31-32-39(54)28(8)42-33(31)43(56)45(10,61-42)59-20-15-30(58-11)25(5)41(60-29(9)51)27(7)38(53)26(6)37(52)23(3)13-12-14-24(4)44(57)47-36(40(32)55)35(34)49-46;1-15-26-38(10,45)31(42)21(4)28(40)19(2)17-37(9,47-14)33(52-35-29(41)25(39(11)12)16-20(3)48-35)22(5)30(23(6)34(44)50-26)51-27-18-36(8,46-13)32(43)24(7)49-27;1-17(2)30-24-16-27-25(15-23(24)31-20-11-7-18(28)8-12-20)32-22-5-3-4-6-26(22)33(27)21-13-9-19(29)10-14-21/h12-15,20,22-23,25-27,30,37-38,41,52-55H,16-19,21H2,1-11H3,(H,47,57);19-27,29-33,35,41-43,45H,15-18H2,1-14H3;3-17,31H,1-2H3/b13-12-,20-15-,24-14+;;/t23-,25-,26+,27+,30-,37-,38+,41-,45-;19-,20-,21+,22+,23-,24+,25+,26-,27+,29-,30+,31-,32+,33-,35+,36-,37-,38-;/m01./s1. The second-order valence-corrected chi connectivity index (χ2v) is 43.6. The number of aliphatic hydroxyl groups is 6. The highest BCUT2D eigenvalue weighted by Gasteiger charge is 2.57. The molecule has 800 valence electrons. The molecule has 1 spiro atoms. The Morgan fingerprint density at radius 3 is 1.97 bits per heavy atom. The van der Waals surface area contributed by atoms with Gasteiger partial charge in [-0.1, -0.05) is 123 Å². The smallest absolute Gasteiger partial charge is 0.312 e. The van der Waals surface area contributed by atoms with Crippen molar-refractivity contribution < 1.29 is 117 Å². The third-order valence-corrected chi connectivity index (χ3v) is 31.0. The van der Waals surface area contributed by atoms with Crippen LogP contribution in [-0.4, -0.2) is 271 Å². The number of cyclic esters (lactones) is 1. The highest BCUT2D eigenvalue weighted by molar-refractivity contribution is 6.31. The van der Waals surface area contributed by atoms with E-state index < -0.39 is 185 Å². The lowest BCUT2D eigenvalue weighted by molar-refractivity contribution is -0.319. The Kier molecular flexibility index (Phi) is 37.4. The van der Waals surface area contributed by atoms with Crippen molar-refractivity contribution in [2.75, 3.05) is 65.7 Å². The Morgan fingerprint density at radius 1 is 0.726 bits per heavy atom. The number of allylic oxidation sites excluding steroid dienone is 2. The summed E-state index contributed by atoms with van der Waals surface area (Å²) in [5, 5.41) is 101. The molecule has 4 bridgehead atoms. The summed E-state index contributed by atoms with van der Waals surface area (Å²) in [4.78, 5) is 93.6. The first-order chi connectivity index (χ1) is 68.6. The number of rotatable bonds is 16. The second-order valence-electron chi connectivity index (χ2n) is 42.7. The van der Waals surface area contributed by atoms with Gasteiger partial charge in [0.1, 0.15) is 58.3 Å². The van der Waals surface area contributed by atoms with E-state index >= 15 is 0 Å². The molecule has 0 saturated carbocycles. The molecule has 0 radical (unpaired) electrons. The number of aromatic nitrogens is 2. The maximum Gasteiger partial charge on any atom is 0.312 e. The van der Waals surface area contributed by atoms with Crippen LogP contribution >= 0.6 is 23.2 Å². The van der Waals surface area contributed by atoms with Gasteiger partial charge in [-0.3, -0.25) is 38.9 Å². The molecule has 5 aromatic carbocycles. The number of para-hydroxylation sites is 2. The van der Waals surface area contributed by atoms with Crippen LogP contribution in [0.15, 0.2) is 136 Å². The monoisotopic (exact) mass is 2070 g/mol. The number of ether oxygens (including phenoxy) is 11. The van der Waals surface area contributed by atoms with E-state index in [1.54, 1.807) is 114 Å². The van der Waals surface area contributed by atoms with E-state index in [1.165, 1.54) is 48.4 Å². The SMILES string of the molecule is CC(C)N=c1cc2n(-c3ccc(Cl)cc3)c3ccccc3nc-2cc1Nc1ccc(Cl)cc1.CC[C@H]1OC(=O)[C@H](C)[C@@H](O[C@H]2C[C@@](C)(OC)[C@@H](O)[C@H](C)O2)[C@H](C)[C@@H](O[C@@H]2O[C@H](C)C[C@H](N(C)C)[C@H]2O)[C@](C)(OC)C[C@@H](C)C(=O)[C@H](C)[C@@H](O)[C@]1(C)O.CO[C@H]1/C=C\O[C@@]2(C)Oc3c(C)c(O)c4c(O)c(c5c(c4c3C2=O)=NC2(CCN(CC(C)C)CC2)N=5)NC(=O)/C(C)=C/C=C\[C@H](C)[C@H](O)[C@@H](C)[C@@H](O)[C@@H](C)[C@@H](OC(C)=O)[C@H]1C. The lowest BCUT2D eigenvalue weighted by Gasteiger charge is -2.50. The number of amides is 1. The molecule has 0 unspecified atom stereocenters. The van der Waals surface area contributed by atoms with Gasteiger partial charge in [-0.05, 0) is 187 Å². The number of carbonyl (C=O) groups is 5. The predicted molar refractivity (Wildman–Crippen MR) is 557 cm³/mol. The first kappa shape index (κ1) is 115. The van der Waals surface area contributed by atoms with Crippen molar-refractivity contribution in [1.82, 2.24) is 19.4 Å². The number of phenolic OH excluding ortho intramolecular Hbond substituents is 2. The quantitative estimate of drug-likeness (QED) is 0.0244. The van der Waals surface area contributed by atoms with E-state index in [4.69, 9.17) is 95.3 Å². The summed E-state index contributed by atoms with van der Waals surface area (Å²) in [5.74, 6) is -10.9. The minimum Gasteiger partial charge on any atom is -0.507 e. The number of anilines is 3. The maximum atomic E-state index is 14.7. The summed E-state index contributed by atoms with van der Waals surface area (Å²) in [5.41, 5.74) is 1.78. The highest BCUT2D eigenvalue weighted by Crippen LogP contribution is 2.52. The Labute approximate surface area is 866 Å². The van der Waals surface area contributed by atoms with Gasteiger partial charge in [-0.15, -0.1) is 0 Å². The van der Waals surface area contributed by atoms with Crippen molar-refractivity contribution in [2.45, 2.75) is 317 Å². The molecular weight excluding hydrogens is 1910 g/mol. The number of phenols is 2. The first-order valence-electron chi connectivity index (χ1n) is 50.9. The Bertz CT molecular complexity index is 6090. The lowest BCUT2D eigenvalue weighted by Crippen LogP contribution is -2.61. The number of Topliss-reactive ketones (excluding diaryl/α,β-unsaturated/α-hetero) is 2. The summed E-state index contributed by atoms with van der Waals surface area (Å²) in [7, 11) is 8.23. The average molecular weight is 2070 g/mol. The number of hydrogen-bond donors (Lipinski definition) is 10. The van der Waals surface area contributed by atoms with Gasteiger partial charge in [-0.25, -0.2) is 4.98 Å². The van der Waals surface area contributed by atoms with Crippen molar-refractivity contribution in [3.8, 4) is 34.3 Å². The van der Waals surface area contributed by atoms with Gasteiger partial charge in [0.2, 0.25) is 0 Å². The van der Waals surface area contributed by atoms with Crippen LogP contribution in [0.25, 0.3) is 38.9 Å². The molecule has 1 amide bonds. The fourth-order valence-electron chi connectivity index (χ4n) is 21.7. The average Bonchev–Trinajstić information content (AvgIpc) is 1.53. The number of esters is 2. The van der Waals surface area contributed by atoms with Crippen molar-refractivity contribution in [1.29, 1.82) is 0 Å². The molecule has 9 aliphatic rings. The molecule has 4 fully saturated rings. The molecule has 8 heterocycles. The van der Waals surface area contributed by atoms with Gasteiger partial charge >= 0.3 is 17.7 Å². The fraction of sp³-hybridized carbons (Fsp3) is 0.595. The Morgan fingerprint density at radius 2 is 1.36 bits per heavy atom. The van der Waals surface area contributed by atoms with E-state index in [1.807, 2.05) is 99.6 Å². The summed E-state index contributed by atoms with van der Waals surface area (Å²) in [6, 6.07) is 27.6. The molecule has 27 atom stereocenters. The number of benzene rings is 6. The van der Waals surface area contributed by atoms with E-state index in [0.717, 1.165) is 51.4 Å². The van der Waals surface area contributed by atoms with Crippen LogP contribution in [0.4, 0.5) is 17.1 Å². The van der Waals surface area contributed by atoms with Gasteiger partial charge in [0, 0.05) is 166 Å². The van der Waals surface area contributed by atoms with Crippen molar-refractivity contribution in [3.05, 3.63) is 158 Å². The number of halogens is 2. The zero-order valence-corrected chi connectivity index (χ0v) is 90.8. The molecular formula is C111H153Cl2N9O24. The number of aliphatic hydroxyl groups excluding tert-OH is 5. The van der Waals surface area contributed by atoms with Crippen LogP contribution in [0.5, 0.6) is 17.2 Å². The molecule has 0 aromatic heterocycles. The summed E-state index contributed by atoms with van der Waals surface area (Å²) in [6.07, 6.45) is -3.69. The van der Waals surface area contributed by atoms with Gasteiger partial charge in [-0.2, -0.15) is 0 Å². The van der Waals surface area contributed by atoms with Crippen LogP contribution in [0.2, 0.25) is 10.0 Å². The molecule has 4 saturated heterocycles. The number of fused-ring (bicyclic) bond motifs is 3. The maximum absolute atomic E-state index is 14.7. The van der Waals surface area contributed by atoms with E-state index in [9.17, 15) is 64.8 Å². The number of likely N-dealkylation sites (N-methyl/N-ethyl adjacent to an activating group) is 1. The fourth-order valence-corrected chi connectivity index (χ4v) is 21.9. The van der Waals surface area contributed by atoms with Gasteiger partial charge in [0.25, 0.3) is 11.7 Å². The highest BCUT2D eigenvalue weighted by atomic mass is 35.5. The molecule has 33 nitrogen and oxygen atoms in total. The van der Waals surface area contributed by atoms with E-state index in [-0.39, 0.29) is 98.6 Å². The molecule has 146 heavy (non-hydrogen) atoms. The minimum absolute atomic E-state index is 0.0364. The number of carbonyl (C=O) groups excluding carboxylic acids is 5. The Balaban J connectivity index is 0.000000203. The number of ketones is 2.